The van der Waals surface area contributed by atoms with Crippen LogP contribution in [0, 0.1) is 5.92 Å². The smallest absolute Gasteiger partial charge is 0.173 e. The van der Waals surface area contributed by atoms with Crippen LogP contribution in [0.2, 0.25) is 0 Å². The molecule has 1 saturated heterocycles. The highest BCUT2D eigenvalue weighted by Gasteiger charge is 2.41. The molecule has 0 unspecified atom stereocenters. The third-order valence-corrected chi connectivity index (χ3v) is 6.79. The van der Waals surface area contributed by atoms with Crippen LogP contribution < -0.4 is 5.32 Å². The van der Waals surface area contributed by atoms with E-state index in [1.807, 2.05) is 84.9 Å². The van der Waals surface area contributed by atoms with Gasteiger partial charge in [0.15, 0.2) is 5.11 Å². The number of piperidine rings is 1. The molecule has 5 heteroatoms. The monoisotopic (exact) mass is 480 g/mol. The minimum atomic E-state index is -1.00. The van der Waals surface area contributed by atoms with Crippen LogP contribution >= 0.6 is 28.1 Å². The van der Waals surface area contributed by atoms with Crippen LogP contribution in [-0.4, -0.2) is 28.2 Å². The number of benzene rings is 3. The molecule has 1 aliphatic heterocycles. The first-order valence-electron chi connectivity index (χ1n) is 10.2. The van der Waals surface area contributed by atoms with Crippen molar-refractivity contribution < 1.29 is 5.11 Å². The highest BCUT2D eigenvalue weighted by atomic mass is 79.9. The fourth-order valence-corrected chi connectivity index (χ4v) is 4.82. The molecular formula is C25H25BrN2OS. The number of likely N-dealkylation sites (tertiary alicyclic amines) is 1. The predicted molar refractivity (Wildman–Crippen MR) is 131 cm³/mol. The molecule has 0 bridgehead atoms. The molecule has 1 aliphatic rings. The molecule has 0 amide bonds. The van der Waals surface area contributed by atoms with Crippen LogP contribution in [-0.2, 0) is 5.60 Å². The van der Waals surface area contributed by atoms with Crippen molar-refractivity contribution in [2.75, 3.05) is 18.4 Å². The number of hydrogen-bond donors (Lipinski definition) is 2. The number of aliphatic hydroxyl groups is 1. The van der Waals surface area contributed by atoms with Gasteiger partial charge in [0.25, 0.3) is 0 Å². The van der Waals surface area contributed by atoms with Gasteiger partial charge in [-0.05, 0) is 66.4 Å². The fraction of sp³-hybridized carbons (Fsp3) is 0.240. The average molecular weight is 481 g/mol. The lowest BCUT2D eigenvalue weighted by Gasteiger charge is -2.43. The summed E-state index contributed by atoms with van der Waals surface area (Å²) in [6.07, 6.45) is 1.73. The van der Waals surface area contributed by atoms with Crippen molar-refractivity contribution in [3.05, 3.63) is 101 Å². The van der Waals surface area contributed by atoms with E-state index in [0.717, 1.165) is 52.3 Å². The molecular weight excluding hydrogens is 456 g/mol. The summed E-state index contributed by atoms with van der Waals surface area (Å²) in [4.78, 5) is 2.20. The van der Waals surface area contributed by atoms with E-state index in [1.54, 1.807) is 0 Å². The van der Waals surface area contributed by atoms with Crippen molar-refractivity contribution in [3.63, 3.8) is 0 Å². The average Bonchev–Trinajstić information content (AvgIpc) is 2.81. The number of anilines is 1. The molecule has 0 aliphatic carbocycles. The van der Waals surface area contributed by atoms with E-state index in [-0.39, 0.29) is 5.92 Å². The van der Waals surface area contributed by atoms with Gasteiger partial charge < -0.3 is 15.3 Å². The van der Waals surface area contributed by atoms with E-state index < -0.39 is 5.60 Å². The zero-order valence-electron chi connectivity index (χ0n) is 16.7. The molecule has 0 radical (unpaired) electrons. The van der Waals surface area contributed by atoms with Crippen LogP contribution in [0.15, 0.2) is 89.4 Å². The molecule has 4 rings (SSSR count). The van der Waals surface area contributed by atoms with Crippen molar-refractivity contribution in [2.45, 2.75) is 18.4 Å². The van der Waals surface area contributed by atoms with Crippen LogP contribution in [0.4, 0.5) is 5.69 Å². The van der Waals surface area contributed by atoms with Gasteiger partial charge in [0.05, 0.1) is 0 Å². The summed E-state index contributed by atoms with van der Waals surface area (Å²) in [5, 5.41) is 16.1. The summed E-state index contributed by atoms with van der Waals surface area (Å²) in [7, 11) is 0. The summed E-state index contributed by atoms with van der Waals surface area (Å²) >= 11 is 9.11. The van der Waals surface area contributed by atoms with Crippen molar-refractivity contribution in [3.8, 4) is 0 Å². The van der Waals surface area contributed by atoms with Crippen molar-refractivity contribution in [1.82, 2.24) is 4.90 Å². The number of nitrogens with one attached hydrogen (secondary N) is 1. The summed E-state index contributed by atoms with van der Waals surface area (Å²) in [5.41, 5.74) is 1.88. The zero-order valence-corrected chi connectivity index (χ0v) is 19.1. The maximum Gasteiger partial charge on any atom is 0.173 e. The number of nitrogens with zero attached hydrogens (tertiary/aromatic N) is 1. The minimum absolute atomic E-state index is 0.119. The number of halogens is 1. The van der Waals surface area contributed by atoms with E-state index in [4.69, 9.17) is 12.2 Å². The standard InChI is InChI=1S/C25H25BrN2OS/c26-22-11-13-23(14-12-22)27-24(30)28-17-15-21(16-18-28)25(29,19-7-3-1-4-8-19)20-9-5-2-6-10-20/h1-14,21,29H,15-18H2,(H,27,30). The molecule has 154 valence electrons. The molecule has 3 aromatic carbocycles. The van der Waals surface area contributed by atoms with Crippen molar-refractivity contribution in [2.24, 2.45) is 5.92 Å². The van der Waals surface area contributed by atoms with Gasteiger partial charge in [0.2, 0.25) is 0 Å². The lowest BCUT2D eigenvalue weighted by Crippen LogP contribution is -2.47. The summed E-state index contributed by atoms with van der Waals surface area (Å²) in [5.74, 6) is 0.119. The second kappa shape index (κ2) is 9.29. The highest BCUT2D eigenvalue weighted by Crippen LogP contribution is 2.41. The quantitative estimate of drug-likeness (QED) is 0.462. The second-order valence-electron chi connectivity index (χ2n) is 7.70. The molecule has 0 saturated carbocycles. The summed E-state index contributed by atoms with van der Waals surface area (Å²) in [6, 6.07) is 28.1. The van der Waals surface area contributed by atoms with E-state index >= 15 is 0 Å². The first-order chi connectivity index (χ1) is 14.6. The lowest BCUT2D eigenvalue weighted by atomic mass is 9.72. The molecule has 3 nitrogen and oxygen atoms in total. The lowest BCUT2D eigenvalue weighted by molar-refractivity contribution is -0.00631. The Morgan fingerprint density at radius 2 is 1.37 bits per heavy atom. The number of hydrogen-bond acceptors (Lipinski definition) is 2. The zero-order chi connectivity index (χ0) is 21.0. The third kappa shape index (κ3) is 4.43. The topological polar surface area (TPSA) is 35.5 Å². The van der Waals surface area contributed by atoms with Crippen LogP contribution in [0.3, 0.4) is 0 Å². The second-order valence-corrected chi connectivity index (χ2v) is 9.00. The Morgan fingerprint density at radius 1 is 0.867 bits per heavy atom. The van der Waals surface area contributed by atoms with Gasteiger partial charge in [-0.3, -0.25) is 0 Å². The van der Waals surface area contributed by atoms with Gasteiger partial charge in [-0.2, -0.15) is 0 Å². The Labute approximate surface area is 191 Å². The van der Waals surface area contributed by atoms with Crippen LogP contribution in [0.25, 0.3) is 0 Å². The van der Waals surface area contributed by atoms with E-state index in [9.17, 15) is 5.11 Å². The number of rotatable bonds is 4. The van der Waals surface area contributed by atoms with E-state index in [1.165, 1.54) is 0 Å². The summed E-state index contributed by atoms with van der Waals surface area (Å²) in [6.45, 7) is 1.63. The van der Waals surface area contributed by atoms with Crippen LogP contribution in [0.1, 0.15) is 24.0 Å². The molecule has 0 atom stereocenters. The SMILES string of the molecule is OC(c1ccccc1)(c1ccccc1)C1CCN(C(=S)Nc2ccc(Br)cc2)CC1. The molecule has 0 aromatic heterocycles. The van der Waals surface area contributed by atoms with Gasteiger partial charge in [0.1, 0.15) is 5.60 Å². The Hall–Kier alpha value is -2.21. The molecule has 3 aromatic rings. The van der Waals surface area contributed by atoms with Gasteiger partial charge in [-0.25, -0.2) is 0 Å². The Morgan fingerprint density at radius 3 is 1.87 bits per heavy atom. The Bertz CT molecular complexity index is 932. The maximum absolute atomic E-state index is 12.0. The molecule has 0 spiro atoms. The molecule has 2 N–H and O–H groups in total. The maximum atomic E-state index is 12.0. The van der Waals surface area contributed by atoms with Crippen LogP contribution in [0.5, 0.6) is 0 Å². The summed E-state index contributed by atoms with van der Waals surface area (Å²) < 4.78 is 1.04. The van der Waals surface area contributed by atoms with Crippen molar-refractivity contribution >= 4 is 38.9 Å². The number of thiocarbonyl (C=S) groups is 1. The molecule has 1 fully saturated rings. The Balaban J connectivity index is 1.49. The third-order valence-electron chi connectivity index (χ3n) is 5.90. The predicted octanol–water partition coefficient (Wildman–Crippen LogP) is 5.79. The Kier molecular flexibility index (Phi) is 6.52. The largest absolute Gasteiger partial charge is 0.380 e. The van der Waals surface area contributed by atoms with Gasteiger partial charge in [-0.15, -0.1) is 0 Å². The minimum Gasteiger partial charge on any atom is -0.380 e. The molecule has 1 heterocycles. The first kappa shape index (κ1) is 21.0. The van der Waals surface area contributed by atoms with Gasteiger partial charge >= 0.3 is 0 Å². The first-order valence-corrected chi connectivity index (χ1v) is 11.4. The normalized spacial score (nSPS) is 15.1. The highest BCUT2D eigenvalue weighted by molar-refractivity contribution is 9.10. The van der Waals surface area contributed by atoms with Gasteiger partial charge in [0, 0.05) is 23.2 Å². The van der Waals surface area contributed by atoms with E-state index in [0.29, 0.717) is 0 Å². The van der Waals surface area contributed by atoms with E-state index in [2.05, 4.69) is 26.1 Å². The fourth-order valence-electron chi connectivity index (χ4n) is 4.26. The van der Waals surface area contributed by atoms with Gasteiger partial charge in [-0.1, -0.05) is 76.6 Å². The van der Waals surface area contributed by atoms with Crippen molar-refractivity contribution in [1.29, 1.82) is 0 Å². The molecule has 30 heavy (non-hydrogen) atoms.